The summed E-state index contributed by atoms with van der Waals surface area (Å²) in [7, 11) is 0. The molecule has 2 amide bonds. The fraction of sp³-hybridized carbons (Fsp3) is 0.417. The lowest BCUT2D eigenvalue weighted by atomic mass is 10.0. The number of alkyl carbamates (subject to hydrolysis) is 1. The molecular formula is C24H30N2O3. The Morgan fingerprint density at radius 1 is 1.03 bits per heavy atom. The highest BCUT2D eigenvalue weighted by Crippen LogP contribution is 2.25. The van der Waals surface area contributed by atoms with Gasteiger partial charge in [0.1, 0.15) is 11.6 Å². The number of benzene rings is 2. The second-order valence-corrected chi connectivity index (χ2v) is 8.55. The van der Waals surface area contributed by atoms with Crippen molar-refractivity contribution < 1.29 is 14.3 Å². The lowest BCUT2D eigenvalue weighted by Gasteiger charge is -2.23. The van der Waals surface area contributed by atoms with Gasteiger partial charge in [-0.15, -0.1) is 0 Å². The van der Waals surface area contributed by atoms with Gasteiger partial charge < -0.3 is 15.4 Å². The maximum Gasteiger partial charge on any atom is 0.408 e. The van der Waals surface area contributed by atoms with Crippen LogP contribution in [0.5, 0.6) is 0 Å². The maximum atomic E-state index is 13.0. The largest absolute Gasteiger partial charge is 0.444 e. The van der Waals surface area contributed by atoms with Crippen molar-refractivity contribution in [1.29, 1.82) is 0 Å². The van der Waals surface area contributed by atoms with Gasteiger partial charge >= 0.3 is 6.09 Å². The molecule has 154 valence electrons. The zero-order valence-corrected chi connectivity index (χ0v) is 17.5. The quantitative estimate of drug-likeness (QED) is 0.750. The zero-order valence-electron chi connectivity index (χ0n) is 17.5. The van der Waals surface area contributed by atoms with Gasteiger partial charge in [0.15, 0.2) is 0 Å². The third-order valence-electron chi connectivity index (χ3n) is 4.94. The van der Waals surface area contributed by atoms with Crippen molar-refractivity contribution in [3.63, 3.8) is 0 Å². The van der Waals surface area contributed by atoms with E-state index in [1.54, 1.807) is 20.8 Å². The Morgan fingerprint density at radius 2 is 1.76 bits per heavy atom. The molecule has 1 aliphatic carbocycles. The van der Waals surface area contributed by atoms with E-state index in [4.69, 9.17) is 4.74 Å². The first-order valence-electron chi connectivity index (χ1n) is 10.3. The van der Waals surface area contributed by atoms with Gasteiger partial charge in [0, 0.05) is 5.69 Å². The molecule has 0 spiro atoms. The van der Waals surface area contributed by atoms with E-state index in [1.165, 1.54) is 11.1 Å². The summed E-state index contributed by atoms with van der Waals surface area (Å²) >= 11 is 0. The predicted octanol–water partition coefficient (Wildman–Crippen LogP) is 4.64. The van der Waals surface area contributed by atoms with Crippen LogP contribution in [0.1, 0.15) is 50.3 Å². The molecule has 0 fully saturated rings. The molecule has 1 aliphatic rings. The van der Waals surface area contributed by atoms with Gasteiger partial charge in [-0.1, -0.05) is 36.4 Å². The van der Waals surface area contributed by atoms with Crippen LogP contribution in [-0.2, 0) is 28.8 Å². The van der Waals surface area contributed by atoms with Crippen molar-refractivity contribution in [3.8, 4) is 0 Å². The van der Waals surface area contributed by atoms with Gasteiger partial charge in [0.05, 0.1) is 0 Å². The molecule has 29 heavy (non-hydrogen) atoms. The first-order chi connectivity index (χ1) is 13.8. The summed E-state index contributed by atoms with van der Waals surface area (Å²) < 4.78 is 5.35. The SMILES string of the molecule is CC(C)(C)OC(=O)N[C@H](CCc1ccccc1)C(=O)Nc1ccc2c(c1)CCC2. The zero-order chi connectivity index (χ0) is 20.9. The molecule has 0 bridgehead atoms. The summed E-state index contributed by atoms with van der Waals surface area (Å²) in [5.41, 5.74) is 3.92. The molecular weight excluding hydrogens is 364 g/mol. The molecule has 1 atom stereocenters. The Kier molecular flexibility index (Phi) is 6.57. The van der Waals surface area contributed by atoms with Crippen molar-refractivity contribution >= 4 is 17.7 Å². The van der Waals surface area contributed by atoms with Gasteiger partial charge in [-0.3, -0.25) is 4.79 Å². The van der Waals surface area contributed by atoms with Crippen molar-refractivity contribution in [1.82, 2.24) is 5.32 Å². The highest BCUT2D eigenvalue weighted by atomic mass is 16.6. The number of ether oxygens (including phenoxy) is 1. The van der Waals surface area contributed by atoms with Crippen molar-refractivity contribution in [3.05, 3.63) is 65.2 Å². The number of rotatable bonds is 6. The van der Waals surface area contributed by atoms with E-state index < -0.39 is 17.7 Å². The summed E-state index contributed by atoms with van der Waals surface area (Å²) in [5.74, 6) is -0.232. The number of hydrogen-bond acceptors (Lipinski definition) is 3. The van der Waals surface area contributed by atoms with E-state index in [1.807, 2.05) is 42.5 Å². The number of aryl methyl sites for hydroxylation is 3. The Hall–Kier alpha value is -2.82. The normalized spacial score (nSPS) is 14.0. The van der Waals surface area contributed by atoms with Crippen molar-refractivity contribution in [2.24, 2.45) is 0 Å². The highest BCUT2D eigenvalue weighted by Gasteiger charge is 2.24. The fourth-order valence-corrected chi connectivity index (χ4v) is 3.55. The van der Waals surface area contributed by atoms with Crippen LogP contribution in [0.4, 0.5) is 10.5 Å². The molecule has 5 nitrogen and oxygen atoms in total. The molecule has 0 saturated carbocycles. The lowest BCUT2D eigenvalue weighted by Crippen LogP contribution is -2.46. The average Bonchev–Trinajstić information content (AvgIpc) is 3.12. The topological polar surface area (TPSA) is 67.4 Å². The van der Waals surface area contributed by atoms with Gasteiger partial charge in [-0.2, -0.15) is 0 Å². The molecule has 5 heteroatoms. The maximum absolute atomic E-state index is 13.0. The van der Waals surface area contributed by atoms with Crippen molar-refractivity contribution in [2.75, 3.05) is 5.32 Å². The fourth-order valence-electron chi connectivity index (χ4n) is 3.55. The number of carbonyl (C=O) groups is 2. The van der Waals surface area contributed by atoms with Crippen LogP contribution in [0, 0.1) is 0 Å². The molecule has 2 N–H and O–H groups in total. The molecule has 0 saturated heterocycles. The number of fused-ring (bicyclic) bond motifs is 1. The number of carbonyl (C=O) groups excluding carboxylic acids is 2. The van der Waals surface area contributed by atoms with E-state index in [2.05, 4.69) is 16.7 Å². The van der Waals surface area contributed by atoms with Crippen LogP contribution in [0.15, 0.2) is 48.5 Å². The smallest absolute Gasteiger partial charge is 0.408 e. The standard InChI is InChI=1S/C24H30N2O3/c1-24(2,3)29-23(28)26-21(15-12-17-8-5-4-6-9-17)22(27)25-20-14-13-18-10-7-11-19(18)16-20/h4-6,8-9,13-14,16,21H,7,10-12,15H2,1-3H3,(H,25,27)(H,26,28)/t21-/m1/s1. The Bertz CT molecular complexity index is 856. The van der Waals surface area contributed by atoms with E-state index >= 15 is 0 Å². The minimum atomic E-state index is -0.682. The summed E-state index contributed by atoms with van der Waals surface area (Å²) in [6.07, 6.45) is 3.89. The van der Waals surface area contributed by atoms with Crippen LogP contribution in [-0.4, -0.2) is 23.6 Å². The Balaban J connectivity index is 1.68. The van der Waals surface area contributed by atoms with Gasteiger partial charge in [0.25, 0.3) is 0 Å². The van der Waals surface area contributed by atoms with Crippen molar-refractivity contribution in [2.45, 2.75) is 64.5 Å². The lowest BCUT2D eigenvalue weighted by molar-refractivity contribution is -0.118. The molecule has 0 aliphatic heterocycles. The van der Waals surface area contributed by atoms with Gasteiger partial charge in [0.2, 0.25) is 5.91 Å². The molecule has 0 unspecified atom stereocenters. The molecule has 0 aromatic heterocycles. The van der Waals surface area contributed by atoms with E-state index in [0.29, 0.717) is 12.8 Å². The predicted molar refractivity (Wildman–Crippen MR) is 115 cm³/mol. The van der Waals surface area contributed by atoms with Gasteiger partial charge in [-0.05, 0) is 81.7 Å². The minimum Gasteiger partial charge on any atom is -0.444 e. The van der Waals surface area contributed by atoms with E-state index in [9.17, 15) is 9.59 Å². The number of hydrogen-bond donors (Lipinski definition) is 2. The van der Waals surface area contributed by atoms with Crippen LogP contribution >= 0.6 is 0 Å². The first kappa shape index (κ1) is 20.9. The minimum absolute atomic E-state index is 0.232. The molecule has 2 aromatic carbocycles. The second kappa shape index (κ2) is 9.12. The molecule has 0 radical (unpaired) electrons. The van der Waals surface area contributed by atoms with E-state index in [-0.39, 0.29) is 5.91 Å². The third kappa shape index (κ3) is 6.34. The molecule has 3 rings (SSSR count). The second-order valence-electron chi connectivity index (χ2n) is 8.55. The van der Waals surface area contributed by atoms with Crippen LogP contribution in [0.2, 0.25) is 0 Å². The number of nitrogens with one attached hydrogen (secondary N) is 2. The first-order valence-corrected chi connectivity index (χ1v) is 10.3. The number of anilines is 1. The van der Waals surface area contributed by atoms with Gasteiger partial charge in [-0.25, -0.2) is 4.79 Å². The number of amides is 2. The third-order valence-corrected chi connectivity index (χ3v) is 4.94. The van der Waals surface area contributed by atoms with Crippen LogP contribution in [0.3, 0.4) is 0 Å². The highest BCUT2D eigenvalue weighted by molar-refractivity contribution is 5.96. The monoisotopic (exact) mass is 394 g/mol. The average molecular weight is 395 g/mol. The summed E-state index contributed by atoms with van der Waals surface area (Å²) in [5, 5.41) is 5.71. The van der Waals surface area contributed by atoms with Crippen LogP contribution < -0.4 is 10.6 Å². The molecule has 0 heterocycles. The Labute approximate surface area is 172 Å². The molecule has 2 aromatic rings. The summed E-state index contributed by atoms with van der Waals surface area (Å²) in [4.78, 5) is 25.2. The summed E-state index contributed by atoms with van der Waals surface area (Å²) in [6.45, 7) is 5.41. The van der Waals surface area contributed by atoms with Crippen LogP contribution in [0.25, 0.3) is 0 Å². The van der Waals surface area contributed by atoms with E-state index in [0.717, 1.165) is 30.5 Å². The summed E-state index contributed by atoms with van der Waals surface area (Å²) in [6, 6.07) is 15.3. The Morgan fingerprint density at radius 3 is 2.48 bits per heavy atom.